The third-order valence-electron chi connectivity index (χ3n) is 5.50. The number of hydrogen-bond acceptors (Lipinski definition) is 3. The van der Waals surface area contributed by atoms with Gasteiger partial charge in [0.1, 0.15) is 0 Å². The fraction of sp³-hybridized carbons (Fsp3) is 0.632. The minimum Gasteiger partial charge on any atom is -0.373 e. The molecule has 2 aliphatic rings. The van der Waals surface area contributed by atoms with Crippen molar-refractivity contribution >= 4 is 5.91 Å². The van der Waals surface area contributed by atoms with Crippen LogP contribution in [0.3, 0.4) is 0 Å². The molecule has 4 nitrogen and oxygen atoms in total. The van der Waals surface area contributed by atoms with Gasteiger partial charge in [-0.3, -0.25) is 4.79 Å². The standard InChI is InChI=1S/C19H28N2O2/c1-14-9-10-21(13-16(14)12-20)19(22)17-8-5-11-23-18(17)15-6-3-2-4-7-15/h2-4,6-7,14,16-18H,5,8-13,20H2,1H3. The van der Waals surface area contributed by atoms with Crippen LogP contribution in [0, 0.1) is 17.8 Å². The summed E-state index contributed by atoms with van der Waals surface area (Å²) in [4.78, 5) is 15.1. The molecule has 3 rings (SSSR count). The third-order valence-corrected chi connectivity index (χ3v) is 5.50. The number of amides is 1. The van der Waals surface area contributed by atoms with Crippen molar-refractivity contribution in [3.8, 4) is 0 Å². The molecule has 2 heterocycles. The highest BCUT2D eigenvalue weighted by Gasteiger charge is 2.37. The highest BCUT2D eigenvalue weighted by molar-refractivity contribution is 5.80. The Hall–Kier alpha value is -1.39. The van der Waals surface area contributed by atoms with Crippen LogP contribution in [0.2, 0.25) is 0 Å². The fourth-order valence-electron chi connectivity index (χ4n) is 3.90. The van der Waals surface area contributed by atoms with Gasteiger partial charge in [-0.05, 0) is 43.2 Å². The first-order chi connectivity index (χ1) is 11.2. The molecule has 4 heteroatoms. The number of nitrogens with zero attached hydrogens (tertiary/aromatic N) is 1. The summed E-state index contributed by atoms with van der Waals surface area (Å²) in [5.41, 5.74) is 7.01. The van der Waals surface area contributed by atoms with Gasteiger partial charge < -0.3 is 15.4 Å². The second kappa shape index (κ2) is 7.45. The van der Waals surface area contributed by atoms with Crippen LogP contribution in [0.5, 0.6) is 0 Å². The zero-order valence-electron chi connectivity index (χ0n) is 14.0. The zero-order valence-corrected chi connectivity index (χ0v) is 14.0. The molecule has 2 aliphatic heterocycles. The van der Waals surface area contributed by atoms with Crippen LogP contribution in [0.25, 0.3) is 0 Å². The van der Waals surface area contributed by atoms with Gasteiger partial charge in [-0.2, -0.15) is 0 Å². The molecule has 2 saturated heterocycles. The number of ether oxygens (including phenoxy) is 1. The van der Waals surface area contributed by atoms with Crippen molar-refractivity contribution in [2.24, 2.45) is 23.5 Å². The highest BCUT2D eigenvalue weighted by atomic mass is 16.5. The molecule has 0 bridgehead atoms. The van der Waals surface area contributed by atoms with Gasteiger partial charge >= 0.3 is 0 Å². The summed E-state index contributed by atoms with van der Waals surface area (Å²) >= 11 is 0. The minimum absolute atomic E-state index is 0.0574. The first kappa shape index (κ1) is 16.5. The van der Waals surface area contributed by atoms with Gasteiger partial charge in [0.2, 0.25) is 5.91 Å². The molecule has 4 unspecified atom stereocenters. The van der Waals surface area contributed by atoms with E-state index in [-0.39, 0.29) is 17.9 Å². The summed E-state index contributed by atoms with van der Waals surface area (Å²) in [6.07, 6.45) is 2.83. The Balaban J connectivity index is 1.74. The summed E-state index contributed by atoms with van der Waals surface area (Å²) in [7, 11) is 0. The minimum atomic E-state index is -0.104. The van der Waals surface area contributed by atoms with Crippen LogP contribution in [-0.4, -0.2) is 37.0 Å². The molecule has 0 spiro atoms. The lowest BCUT2D eigenvalue weighted by Gasteiger charge is -2.40. The Morgan fingerprint density at radius 1 is 1.30 bits per heavy atom. The molecule has 1 aromatic carbocycles. The number of hydrogen-bond donors (Lipinski definition) is 1. The van der Waals surface area contributed by atoms with Crippen molar-refractivity contribution in [3.05, 3.63) is 35.9 Å². The van der Waals surface area contributed by atoms with E-state index in [9.17, 15) is 4.79 Å². The van der Waals surface area contributed by atoms with Gasteiger partial charge in [0.25, 0.3) is 0 Å². The van der Waals surface area contributed by atoms with Crippen LogP contribution in [-0.2, 0) is 9.53 Å². The number of carbonyl (C=O) groups excluding carboxylic acids is 1. The SMILES string of the molecule is CC1CCN(C(=O)C2CCCOC2c2ccccc2)CC1CN. The van der Waals surface area contributed by atoms with Crippen molar-refractivity contribution in [1.29, 1.82) is 0 Å². The van der Waals surface area contributed by atoms with E-state index < -0.39 is 0 Å². The molecule has 0 aromatic heterocycles. The second-order valence-corrected chi connectivity index (χ2v) is 7.00. The summed E-state index contributed by atoms with van der Waals surface area (Å²) in [5, 5.41) is 0. The first-order valence-electron chi connectivity index (χ1n) is 8.86. The summed E-state index contributed by atoms with van der Waals surface area (Å²) < 4.78 is 5.99. The lowest BCUT2D eigenvalue weighted by atomic mass is 9.84. The molecule has 0 radical (unpaired) electrons. The lowest BCUT2D eigenvalue weighted by molar-refractivity contribution is -0.148. The van der Waals surface area contributed by atoms with Gasteiger partial charge in [-0.1, -0.05) is 37.3 Å². The summed E-state index contributed by atoms with van der Waals surface area (Å²) in [6.45, 7) is 5.30. The van der Waals surface area contributed by atoms with Crippen molar-refractivity contribution in [3.63, 3.8) is 0 Å². The highest BCUT2D eigenvalue weighted by Crippen LogP contribution is 2.36. The Morgan fingerprint density at radius 2 is 2.09 bits per heavy atom. The van der Waals surface area contributed by atoms with Gasteiger partial charge in [-0.25, -0.2) is 0 Å². The van der Waals surface area contributed by atoms with Crippen molar-refractivity contribution in [1.82, 2.24) is 4.90 Å². The molecule has 23 heavy (non-hydrogen) atoms. The average Bonchev–Trinajstić information content (AvgIpc) is 2.62. The van der Waals surface area contributed by atoms with E-state index in [1.54, 1.807) is 0 Å². The van der Waals surface area contributed by atoms with Gasteiger partial charge in [0, 0.05) is 19.7 Å². The molecule has 1 amide bonds. The first-order valence-corrected chi connectivity index (χ1v) is 8.86. The zero-order chi connectivity index (χ0) is 16.2. The summed E-state index contributed by atoms with van der Waals surface area (Å²) in [6, 6.07) is 10.2. The number of likely N-dealkylation sites (tertiary alicyclic amines) is 1. The van der Waals surface area contributed by atoms with E-state index in [2.05, 4.69) is 19.1 Å². The lowest BCUT2D eigenvalue weighted by Crippen LogP contribution is -2.49. The topological polar surface area (TPSA) is 55.6 Å². The Morgan fingerprint density at radius 3 is 2.83 bits per heavy atom. The Kier molecular flexibility index (Phi) is 5.34. The van der Waals surface area contributed by atoms with E-state index in [1.807, 2.05) is 23.1 Å². The summed E-state index contributed by atoms with van der Waals surface area (Å²) in [5.74, 6) is 1.23. The monoisotopic (exact) mass is 316 g/mol. The number of nitrogens with two attached hydrogens (primary N) is 1. The number of benzene rings is 1. The normalized spacial score (nSPS) is 31.8. The maximum absolute atomic E-state index is 13.1. The van der Waals surface area contributed by atoms with Gasteiger partial charge in [0.15, 0.2) is 0 Å². The smallest absolute Gasteiger partial charge is 0.228 e. The van der Waals surface area contributed by atoms with Crippen LogP contribution < -0.4 is 5.73 Å². The number of carbonyl (C=O) groups is 1. The molecule has 2 fully saturated rings. The van der Waals surface area contributed by atoms with Crippen molar-refractivity contribution < 1.29 is 9.53 Å². The second-order valence-electron chi connectivity index (χ2n) is 7.00. The molecule has 2 N–H and O–H groups in total. The average molecular weight is 316 g/mol. The molecular formula is C19H28N2O2. The van der Waals surface area contributed by atoms with Gasteiger partial charge in [0.05, 0.1) is 12.0 Å². The van der Waals surface area contributed by atoms with E-state index >= 15 is 0 Å². The van der Waals surface area contributed by atoms with Crippen molar-refractivity contribution in [2.45, 2.75) is 32.3 Å². The fourth-order valence-corrected chi connectivity index (χ4v) is 3.90. The van der Waals surface area contributed by atoms with E-state index in [1.165, 1.54) is 0 Å². The van der Waals surface area contributed by atoms with Gasteiger partial charge in [-0.15, -0.1) is 0 Å². The van der Waals surface area contributed by atoms with Crippen LogP contribution in [0.1, 0.15) is 37.9 Å². The molecule has 4 atom stereocenters. The maximum atomic E-state index is 13.1. The predicted molar refractivity (Wildman–Crippen MR) is 90.8 cm³/mol. The van der Waals surface area contributed by atoms with E-state index in [4.69, 9.17) is 10.5 Å². The predicted octanol–water partition coefficient (Wildman–Crippen LogP) is 2.60. The molecule has 126 valence electrons. The molecule has 0 saturated carbocycles. The number of rotatable bonds is 3. The van der Waals surface area contributed by atoms with Crippen molar-refractivity contribution in [2.75, 3.05) is 26.2 Å². The molecular weight excluding hydrogens is 288 g/mol. The van der Waals surface area contributed by atoms with E-state index in [0.717, 1.165) is 44.5 Å². The number of piperidine rings is 1. The Labute approximate surface area is 139 Å². The van der Waals surface area contributed by atoms with Crippen LogP contribution in [0.15, 0.2) is 30.3 Å². The quantitative estimate of drug-likeness (QED) is 0.932. The molecule has 0 aliphatic carbocycles. The van der Waals surface area contributed by atoms with Crippen LogP contribution >= 0.6 is 0 Å². The largest absolute Gasteiger partial charge is 0.373 e. The maximum Gasteiger partial charge on any atom is 0.228 e. The van der Waals surface area contributed by atoms with Crippen LogP contribution in [0.4, 0.5) is 0 Å². The van der Waals surface area contributed by atoms with E-state index in [0.29, 0.717) is 18.4 Å². The third kappa shape index (κ3) is 3.59. The molecule has 1 aromatic rings. The Bertz CT molecular complexity index is 519.